The topological polar surface area (TPSA) is 20.2 Å². The zero-order chi connectivity index (χ0) is 7.40. The molecule has 0 radical (unpaired) electrons. The summed E-state index contributed by atoms with van der Waals surface area (Å²) >= 11 is 0. The minimum Gasteiger partial charge on any atom is -0.393 e. The predicted molar refractivity (Wildman–Crippen MR) is 38.6 cm³/mol. The summed E-state index contributed by atoms with van der Waals surface area (Å²) in [5, 5.41) is 9.17. The van der Waals surface area contributed by atoms with Crippen molar-refractivity contribution in [1.82, 2.24) is 0 Å². The maximum absolute atomic E-state index is 12.7. The summed E-state index contributed by atoms with van der Waals surface area (Å²) in [5.41, 5.74) is 0. The molecule has 2 unspecified atom stereocenters. The number of alkyl halides is 1. The molecule has 1 nitrogen and oxygen atoms in total. The van der Waals surface area contributed by atoms with Crippen LogP contribution in [0.2, 0.25) is 0 Å². The van der Waals surface area contributed by atoms with Crippen LogP contribution in [0.5, 0.6) is 0 Å². The van der Waals surface area contributed by atoms with Crippen LogP contribution >= 0.6 is 0 Å². The smallest absolute Gasteiger partial charge is 0.100 e. The first-order valence-electron chi connectivity index (χ1n) is 4.11. The standard InChI is InChI=1S/C8H15FO/c9-7-3-1-2-4-8(10)6-5-7/h7-8,10H,1-6H2. The zero-order valence-electron chi connectivity index (χ0n) is 6.22. The number of hydrogen-bond donors (Lipinski definition) is 1. The molecule has 0 spiro atoms. The Labute approximate surface area is 61.2 Å². The molecule has 1 fully saturated rings. The second-order valence-electron chi connectivity index (χ2n) is 3.11. The van der Waals surface area contributed by atoms with Crippen LogP contribution in [-0.2, 0) is 0 Å². The van der Waals surface area contributed by atoms with Gasteiger partial charge in [-0.05, 0) is 25.7 Å². The van der Waals surface area contributed by atoms with Gasteiger partial charge in [-0.3, -0.25) is 0 Å². The van der Waals surface area contributed by atoms with Crippen molar-refractivity contribution in [3.63, 3.8) is 0 Å². The largest absolute Gasteiger partial charge is 0.393 e. The number of aliphatic hydroxyl groups excluding tert-OH is 1. The van der Waals surface area contributed by atoms with Crippen molar-refractivity contribution in [2.75, 3.05) is 0 Å². The molecule has 1 rings (SSSR count). The van der Waals surface area contributed by atoms with E-state index >= 15 is 0 Å². The van der Waals surface area contributed by atoms with Crippen LogP contribution in [0.1, 0.15) is 38.5 Å². The molecule has 0 aliphatic heterocycles. The summed E-state index contributed by atoms with van der Waals surface area (Å²) < 4.78 is 12.7. The fraction of sp³-hybridized carbons (Fsp3) is 1.00. The van der Waals surface area contributed by atoms with Gasteiger partial charge in [-0.2, -0.15) is 0 Å². The van der Waals surface area contributed by atoms with Gasteiger partial charge in [0.25, 0.3) is 0 Å². The Kier molecular flexibility index (Phi) is 3.13. The van der Waals surface area contributed by atoms with Gasteiger partial charge in [0.05, 0.1) is 6.10 Å². The van der Waals surface area contributed by atoms with E-state index in [1.807, 2.05) is 0 Å². The molecular weight excluding hydrogens is 131 g/mol. The second kappa shape index (κ2) is 3.91. The molecule has 60 valence electrons. The molecule has 0 aromatic heterocycles. The third kappa shape index (κ3) is 2.65. The number of rotatable bonds is 0. The van der Waals surface area contributed by atoms with Crippen molar-refractivity contribution in [3.05, 3.63) is 0 Å². The lowest BCUT2D eigenvalue weighted by atomic mass is 9.98. The molecule has 0 amide bonds. The fourth-order valence-electron chi connectivity index (χ4n) is 1.41. The molecule has 1 aliphatic rings. The van der Waals surface area contributed by atoms with E-state index in [4.69, 9.17) is 5.11 Å². The number of hydrogen-bond acceptors (Lipinski definition) is 1. The molecular formula is C8H15FO. The minimum absolute atomic E-state index is 0.237. The van der Waals surface area contributed by atoms with Gasteiger partial charge in [-0.25, -0.2) is 4.39 Å². The summed E-state index contributed by atoms with van der Waals surface area (Å²) in [7, 11) is 0. The lowest BCUT2D eigenvalue weighted by Crippen LogP contribution is -2.13. The minimum atomic E-state index is -0.657. The van der Waals surface area contributed by atoms with Crippen LogP contribution in [0.15, 0.2) is 0 Å². The van der Waals surface area contributed by atoms with Crippen LogP contribution < -0.4 is 0 Å². The summed E-state index contributed by atoms with van der Waals surface area (Å²) in [6, 6.07) is 0. The second-order valence-corrected chi connectivity index (χ2v) is 3.11. The molecule has 0 aromatic rings. The van der Waals surface area contributed by atoms with E-state index in [0.29, 0.717) is 19.3 Å². The van der Waals surface area contributed by atoms with E-state index in [2.05, 4.69) is 0 Å². The van der Waals surface area contributed by atoms with Crippen molar-refractivity contribution in [3.8, 4) is 0 Å². The normalized spacial score (nSPS) is 36.6. The summed E-state index contributed by atoms with van der Waals surface area (Å²) in [6.45, 7) is 0. The van der Waals surface area contributed by atoms with Gasteiger partial charge in [-0.1, -0.05) is 12.8 Å². The first kappa shape index (κ1) is 7.99. The number of aliphatic hydroxyl groups is 1. The summed E-state index contributed by atoms with van der Waals surface area (Å²) in [5.74, 6) is 0. The van der Waals surface area contributed by atoms with Gasteiger partial charge in [0.2, 0.25) is 0 Å². The lowest BCUT2D eigenvalue weighted by molar-refractivity contribution is 0.121. The monoisotopic (exact) mass is 146 g/mol. The van der Waals surface area contributed by atoms with Gasteiger partial charge in [-0.15, -0.1) is 0 Å². The third-order valence-corrected chi connectivity index (χ3v) is 2.12. The Balaban J connectivity index is 2.23. The molecule has 0 saturated heterocycles. The first-order valence-corrected chi connectivity index (χ1v) is 4.11. The van der Waals surface area contributed by atoms with Crippen LogP contribution in [0.4, 0.5) is 4.39 Å². The van der Waals surface area contributed by atoms with Crippen molar-refractivity contribution in [2.45, 2.75) is 50.8 Å². The van der Waals surface area contributed by atoms with Gasteiger partial charge in [0.15, 0.2) is 0 Å². The first-order chi connectivity index (χ1) is 4.79. The van der Waals surface area contributed by atoms with Crippen LogP contribution in [0.25, 0.3) is 0 Å². The Morgan fingerprint density at radius 2 is 1.70 bits per heavy atom. The Hall–Kier alpha value is -0.110. The lowest BCUT2D eigenvalue weighted by Gasteiger charge is -2.16. The highest BCUT2D eigenvalue weighted by Crippen LogP contribution is 2.19. The maximum atomic E-state index is 12.7. The third-order valence-electron chi connectivity index (χ3n) is 2.12. The molecule has 1 saturated carbocycles. The highest BCUT2D eigenvalue weighted by molar-refractivity contribution is 4.66. The molecule has 10 heavy (non-hydrogen) atoms. The molecule has 0 heterocycles. The van der Waals surface area contributed by atoms with Gasteiger partial charge >= 0.3 is 0 Å². The SMILES string of the molecule is OC1CCCCC(F)CC1. The average molecular weight is 146 g/mol. The van der Waals surface area contributed by atoms with Crippen molar-refractivity contribution >= 4 is 0 Å². The van der Waals surface area contributed by atoms with E-state index < -0.39 is 6.17 Å². The molecule has 2 heteroatoms. The Bertz CT molecular complexity index is 83.3. The van der Waals surface area contributed by atoms with Gasteiger partial charge in [0, 0.05) is 0 Å². The van der Waals surface area contributed by atoms with Crippen molar-refractivity contribution in [2.24, 2.45) is 0 Å². The van der Waals surface area contributed by atoms with Crippen molar-refractivity contribution in [1.29, 1.82) is 0 Å². The van der Waals surface area contributed by atoms with E-state index in [0.717, 1.165) is 19.3 Å². The van der Waals surface area contributed by atoms with E-state index in [1.54, 1.807) is 0 Å². The molecule has 0 bridgehead atoms. The van der Waals surface area contributed by atoms with Crippen LogP contribution in [0.3, 0.4) is 0 Å². The summed E-state index contributed by atoms with van der Waals surface area (Å²) in [6.07, 6.45) is 3.81. The maximum Gasteiger partial charge on any atom is 0.100 e. The molecule has 2 atom stereocenters. The molecule has 1 aliphatic carbocycles. The van der Waals surface area contributed by atoms with E-state index in [9.17, 15) is 4.39 Å². The Morgan fingerprint density at radius 3 is 2.50 bits per heavy atom. The van der Waals surface area contributed by atoms with Gasteiger partial charge in [0.1, 0.15) is 6.17 Å². The highest BCUT2D eigenvalue weighted by Gasteiger charge is 2.13. The van der Waals surface area contributed by atoms with Crippen molar-refractivity contribution < 1.29 is 9.50 Å². The van der Waals surface area contributed by atoms with E-state index in [1.165, 1.54) is 0 Å². The number of halogens is 1. The fourth-order valence-corrected chi connectivity index (χ4v) is 1.41. The Morgan fingerprint density at radius 1 is 1.00 bits per heavy atom. The highest BCUT2D eigenvalue weighted by atomic mass is 19.1. The van der Waals surface area contributed by atoms with E-state index in [-0.39, 0.29) is 6.10 Å². The predicted octanol–water partition coefficient (Wildman–Crippen LogP) is 2.04. The molecule has 0 aromatic carbocycles. The quantitative estimate of drug-likeness (QED) is 0.554. The van der Waals surface area contributed by atoms with Gasteiger partial charge < -0.3 is 5.11 Å². The average Bonchev–Trinajstić information content (AvgIpc) is 1.90. The van der Waals surface area contributed by atoms with Crippen LogP contribution in [-0.4, -0.2) is 17.4 Å². The molecule has 1 N–H and O–H groups in total. The summed E-state index contributed by atoms with van der Waals surface area (Å²) in [4.78, 5) is 0. The zero-order valence-corrected chi connectivity index (χ0v) is 6.22. The van der Waals surface area contributed by atoms with Crippen LogP contribution in [0, 0.1) is 0 Å².